The van der Waals surface area contributed by atoms with E-state index >= 15 is 0 Å². The first kappa shape index (κ1) is 11.1. The van der Waals surface area contributed by atoms with Crippen LogP contribution in [0.15, 0.2) is 18.2 Å². The summed E-state index contributed by atoms with van der Waals surface area (Å²) in [5, 5.41) is 3.43. The Balaban J connectivity index is 1.92. The third-order valence-corrected chi connectivity index (χ3v) is 4.13. The maximum absolute atomic E-state index is 5.74. The molecule has 0 aromatic heterocycles. The van der Waals surface area contributed by atoms with Gasteiger partial charge in [0, 0.05) is 11.0 Å². The van der Waals surface area contributed by atoms with E-state index in [-0.39, 0.29) is 5.41 Å². The van der Waals surface area contributed by atoms with Gasteiger partial charge in [0.05, 0.1) is 6.61 Å². The van der Waals surface area contributed by atoms with E-state index in [0.717, 1.165) is 31.4 Å². The number of ether oxygens (including phenoxy) is 1. The molecule has 2 aliphatic rings. The fourth-order valence-corrected chi connectivity index (χ4v) is 2.95. The molecule has 0 spiro atoms. The van der Waals surface area contributed by atoms with Gasteiger partial charge in [-0.3, -0.25) is 0 Å². The summed E-state index contributed by atoms with van der Waals surface area (Å²) in [7, 11) is 0. The standard InChI is InChI=1S/C15H21NO/c1-15(2)10-17-14-4-3-12(9-13(14)15)11-5-7-16-8-6-11/h3-4,9,11,16H,5-8,10H2,1-2H3. The second kappa shape index (κ2) is 4.02. The summed E-state index contributed by atoms with van der Waals surface area (Å²) in [6.45, 7) is 7.66. The number of rotatable bonds is 1. The summed E-state index contributed by atoms with van der Waals surface area (Å²) < 4.78 is 5.74. The number of fused-ring (bicyclic) bond motifs is 1. The monoisotopic (exact) mass is 231 g/mol. The van der Waals surface area contributed by atoms with Crippen LogP contribution in [0.3, 0.4) is 0 Å². The minimum atomic E-state index is 0.179. The highest BCUT2D eigenvalue weighted by Gasteiger charge is 2.32. The van der Waals surface area contributed by atoms with Crippen LogP contribution in [-0.2, 0) is 5.41 Å². The van der Waals surface area contributed by atoms with E-state index in [1.807, 2.05) is 0 Å². The molecule has 2 heterocycles. The molecule has 0 amide bonds. The number of piperidine rings is 1. The lowest BCUT2D eigenvalue weighted by molar-refractivity contribution is 0.291. The zero-order valence-corrected chi connectivity index (χ0v) is 10.8. The van der Waals surface area contributed by atoms with Gasteiger partial charge in [-0.1, -0.05) is 26.0 Å². The minimum absolute atomic E-state index is 0.179. The van der Waals surface area contributed by atoms with E-state index in [4.69, 9.17) is 4.74 Å². The lowest BCUT2D eigenvalue weighted by Crippen LogP contribution is -2.26. The molecule has 3 rings (SSSR count). The second-order valence-corrected chi connectivity index (χ2v) is 5.95. The Morgan fingerprint density at radius 2 is 2.00 bits per heavy atom. The van der Waals surface area contributed by atoms with Gasteiger partial charge in [-0.25, -0.2) is 0 Å². The summed E-state index contributed by atoms with van der Waals surface area (Å²) in [4.78, 5) is 0. The van der Waals surface area contributed by atoms with Crippen LogP contribution in [0, 0.1) is 0 Å². The molecule has 2 nitrogen and oxygen atoms in total. The average molecular weight is 231 g/mol. The van der Waals surface area contributed by atoms with Gasteiger partial charge in [0.25, 0.3) is 0 Å². The topological polar surface area (TPSA) is 21.3 Å². The van der Waals surface area contributed by atoms with Gasteiger partial charge in [0.15, 0.2) is 0 Å². The van der Waals surface area contributed by atoms with Gasteiger partial charge < -0.3 is 10.1 Å². The summed E-state index contributed by atoms with van der Waals surface area (Å²) in [6, 6.07) is 6.82. The number of benzene rings is 1. The Labute approximate surface area is 103 Å². The largest absolute Gasteiger partial charge is 0.492 e. The Bertz CT molecular complexity index is 419. The van der Waals surface area contributed by atoms with Crippen LogP contribution < -0.4 is 10.1 Å². The molecule has 0 radical (unpaired) electrons. The van der Waals surface area contributed by atoms with Crippen LogP contribution >= 0.6 is 0 Å². The highest BCUT2D eigenvalue weighted by Crippen LogP contribution is 2.40. The maximum atomic E-state index is 5.74. The van der Waals surface area contributed by atoms with Crippen LogP contribution in [-0.4, -0.2) is 19.7 Å². The molecule has 1 aromatic carbocycles. The molecule has 0 aliphatic carbocycles. The molecule has 0 unspecified atom stereocenters. The normalized spacial score (nSPS) is 23.2. The van der Waals surface area contributed by atoms with Crippen molar-refractivity contribution in [1.29, 1.82) is 0 Å². The summed E-state index contributed by atoms with van der Waals surface area (Å²) in [6.07, 6.45) is 2.53. The van der Waals surface area contributed by atoms with Crippen LogP contribution in [0.2, 0.25) is 0 Å². The molecule has 92 valence electrons. The summed E-state index contributed by atoms with van der Waals surface area (Å²) in [5.41, 5.74) is 3.08. The fourth-order valence-electron chi connectivity index (χ4n) is 2.95. The second-order valence-electron chi connectivity index (χ2n) is 5.95. The van der Waals surface area contributed by atoms with E-state index < -0.39 is 0 Å². The van der Waals surface area contributed by atoms with Crippen LogP contribution in [0.25, 0.3) is 0 Å². The summed E-state index contributed by atoms with van der Waals surface area (Å²) >= 11 is 0. The molecule has 0 atom stereocenters. The summed E-state index contributed by atoms with van der Waals surface area (Å²) in [5.74, 6) is 1.82. The predicted octanol–water partition coefficient (Wildman–Crippen LogP) is 2.82. The molecule has 1 N–H and O–H groups in total. The van der Waals surface area contributed by atoms with Crippen molar-refractivity contribution >= 4 is 0 Å². The van der Waals surface area contributed by atoms with Crippen molar-refractivity contribution in [2.75, 3.05) is 19.7 Å². The Hall–Kier alpha value is -1.02. The van der Waals surface area contributed by atoms with Crippen LogP contribution in [0.1, 0.15) is 43.7 Å². The molecule has 1 saturated heterocycles. The van der Waals surface area contributed by atoms with Crippen molar-refractivity contribution in [3.05, 3.63) is 29.3 Å². The smallest absolute Gasteiger partial charge is 0.123 e. The third kappa shape index (κ3) is 1.95. The van der Waals surface area contributed by atoms with Gasteiger partial charge in [-0.2, -0.15) is 0 Å². The van der Waals surface area contributed by atoms with Crippen LogP contribution in [0.5, 0.6) is 5.75 Å². The van der Waals surface area contributed by atoms with Gasteiger partial charge >= 0.3 is 0 Å². The average Bonchev–Trinajstić information content (AvgIpc) is 2.66. The highest BCUT2D eigenvalue weighted by molar-refractivity contribution is 5.46. The first-order valence-electron chi connectivity index (χ1n) is 6.65. The van der Waals surface area contributed by atoms with Crippen molar-refractivity contribution in [2.45, 2.75) is 38.0 Å². The number of hydrogen-bond donors (Lipinski definition) is 1. The van der Waals surface area contributed by atoms with Crippen molar-refractivity contribution in [3.63, 3.8) is 0 Å². The quantitative estimate of drug-likeness (QED) is 0.802. The Morgan fingerprint density at radius 1 is 1.24 bits per heavy atom. The van der Waals surface area contributed by atoms with E-state index in [2.05, 4.69) is 37.4 Å². The van der Waals surface area contributed by atoms with E-state index in [0.29, 0.717) is 0 Å². The molecular weight excluding hydrogens is 210 g/mol. The minimum Gasteiger partial charge on any atom is -0.492 e. The van der Waals surface area contributed by atoms with Gasteiger partial charge in [-0.05, 0) is 43.5 Å². The van der Waals surface area contributed by atoms with E-state index in [1.54, 1.807) is 0 Å². The third-order valence-electron chi connectivity index (χ3n) is 4.13. The highest BCUT2D eigenvalue weighted by atomic mass is 16.5. The zero-order chi connectivity index (χ0) is 11.9. The van der Waals surface area contributed by atoms with Crippen molar-refractivity contribution < 1.29 is 4.74 Å². The molecule has 1 fully saturated rings. The maximum Gasteiger partial charge on any atom is 0.123 e. The first-order chi connectivity index (χ1) is 8.17. The van der Waals surface area contributed by atoms with Gasteiger partial charge in [0.2, 0.25) is 0 Å². The SMILES string of the molecule is CC1(C)COc2ccc(C3CCNCC3)cc21. The molecular formula is C15H21NO. The van der Waals surface area contributed by atoms with Crippen molar-refractivity contribution in [3.8, 4) is 5.75 Å². The first-order valence-corrected chi connectivity index (χ1v) is 6.65. The molecule has 2 heteroatoms. The number of nitrogens with one attached hydrogen (secondary N) is 1. The molecule has 1 aromatic rings. The van der Waals surface area contributed by atoms with E-state index in [1.165, 1.54) is 24.0 Å². The zero-order valence-electron chi connectivity index (χ0n) is 10.8. The van der Waals surface area contributed by atoms with E-state index in [9.17, 15) is 0 Å². The van der Waals surface area contributed by atoms with Crippen molar-refractivity contribution in [1.82, 2.24) is 5.32 Å². The Morgan fingerprint density at radius 3 is 2.76 bits per heavy atom. The molecule has 17 heavy (non-hydrogen) atoms. The predicted molar refractivity (Wildman–Crippen MR) is 69.8 cm³/mol. The lowest BCUT2D eigenvalue weighted by Gasteiger charge is -2.24. The Kier molecular flexibility index (Phi) is 2.62. The molecule has 0 saturated carbocycles. The van der Waals surface area contributed by atoms with Gasteiger partial charge in [0.1, 0.15) is 5.75 Å². The van der Waals surface area contributed by atoms with Crippen molar-refractivity contribution in [2.24, 2.45) is 0 Å². The van der Waals surface area contributed by atoms with Gasteiger partial charge in [-0.15, -0.1) is 0 Å². The fraction of sp³-hybridized carbons (Fsp3) is 0.600. The molecule has 2 aliphatic heterocycles. The lowest BCUT2D eigenvalue weighted by atomic mass is 9.83. The number of hydrogen-bond acceptors (Lipinski definition) is 2. The van der Waals surface area contributed by atoms with Crippen LogP contribution in [0.4, 0.5) is 0 Å². The molecule has 0 bridgehead atoms.